The van der Waals surface area contributed by atoms with E-state index in [1.165, 1.54) is 6.42 Å². The summed E-state index contributed by atoms with van der Waals surface area (Å²) in [5.41, 5.74) is 1.74. The zero-order valence-electron chi connectivity index (χ0n) is 14.4. The lowest BCUT2D eigenvalue weighted by atomic mass is 9.94. The van der Waals surface area contributed by atoms with Crippen molar-refractivity contribution in [2.24, 2.45) is 0 Å². The first-order valence-corrected chi connectivity index (χ1v) is 8.79. The Kier molecular flexibility index (Phi) is 4.69. The minimum absolute atomic E-state index is 0.129. The van der Waals surface area contributed by atoms with E-state index in [-0.39, 0.29) is 30.3 Å². The molecular weight excluding hydrogens is 304 g/mol. The van der Waals surface area contributed by atoms with E-state index in [0.29, 0.717) is 17.7 Å². The number of fused-ring (bicyclic) bond motifs is 1. The molecule has 1 aromatic carbocycles. The van der Waals surface area contributed by atoms with E-state index < -0.39 is 0 Å². The second-order valence-electron chi connectivity index (χ2n) is 6.72. The number of nitrogens with zero attached hydrogens (tertiary/aromatic N) is 2. The highest BCUT2D eigenvalue weighted by Gasteiger charge is 2.38. The Bertz CT molecular complexity index is 677. The maximum Gasteiger partial charge on any atom is 0.262 e. The molecule has 5 nitrogen and oxygen atoms in total. The molecule has 1 aliphatic carbocycles. The fourth-order valence-corrected chi connectivity index (χ4v) is 3.81. The summed E-state index contributed by atoms with van der Waals surface area (Å²) < 4.78 is 0. The Morgan fingerprint density at radius 2 is 1.79 bits per heavy atom. The van der Waals surface area contributed by atoms with Crippen LogP contribution in [0.25, 0.3) is 0 Å². The Morgan fingerprint density at radius 1 is 1.12 bits per heavy atom. The molecule has 0 radical (unpaired) electrons. The van der Waals surface area contributed by atoms with E-state index in [2.05, 4.69) is 0 Å². The lowest BCUT2D eigenvalue weighted by Crippen LogP contribution is -2.47. The molecule has 0 atom stereocenters. The highest BCUT2D eigenvalue weighted by Crippen LogP contribution is 2.26. The number of rotatable bonds is 4. The largest absolute Gasteiger partial charge is 0.338 e. The van der Waals surface area contributed by atoms with Crippen LogP contribution >= 0.6 is 0 Å². The Hall–Kier alpha value is -2.17. The van der Waals surface area contributed by atoms with Gasteiger partial charge in [0.15, 0.2) is 0 Å². The van der Waals surface area contributed by atoms with Crippen LogP contribution in [0.3, 0.4) is 0 Å². The second-order valence-corrected chi connectivity index (χ2v) is 6.72. The van der Waals surface area contributed by atoms with Crippen molar-refractivity contribution in [2.75, 3.05) is 13.1 Å². The molecule has 0 unspecified atom stereocenters. The smallest absolute Gasteiger partial charge is 0.262 e. The second kappa shape index (κ2) is 6.75. The van der Waals surface area contributed by atoms with Gasteiger partial charge >= 0.3 is 0 Å². The Balaban J connectivity index is 1.74. The summed E-state index contributed by atoms with van der Waals surface area (Å²) in [5, 5.41) is 0. The third-order valence-electron chi connectivity index (χ3n) is 5.10. The molecule has 1 saturated carbocycles. The van der Waals surface area contributed by atoms with Crippen LogP contribution < -0.4 is 0 Å². The summed E-state index contributed by atoms with van der Waals surface area (Å²) in [4.78, 5) is 40.6. The van der Waals surface area contributed by atoms with Gasteiger partial charge in [-0.1, -0.05) is 30.9 Å². The molecule has 0 N–H and O–H groups in total. The molecule has 3 rings (SSSR count). The molecule has 5 heteroatoms. The van der Waals surface area contributed by atoms with Gasteiger partial charge in [-0.15, -0.1) is 0 Å². The van der Waals surface area contributed by atoms with Crippen LogP contribution in [0.5, 0.6) is 0 Å². The summed E-state index contributed by atoms with van der Waals surface area (Å²) in [6.07, 6.45) is 5.53. The lowest BCUT2D eigenvalue weighted by molar-refractivity contribution is -0.134. The average Bonchev–Trinajstić information content (AvgIpc) is 2.81. The first-order valence-electron chi connectivity index (χ1n) is 8.79. The molecule has 1 heterocycles. The average molecular weight is 328 g/mol. The number of hydrogen-bond acceptors (Lipinski definition) is 3. The van der Waals surface area contributed by atoms with Crippen molar-refractivity contribution in [2.45, 2.75) is 52.0 Å². The van der Waals surface area contributed by atoms with Crippen LogP contribution in [0.15, 0.2) is 18.2 Å². The summed E-state index contributed by atoms with van der Waals surface area (Å²) in [6, 6.07) is 5.46. The number of hydrogen-bond donors (Lipinski definition) is 0. The highest BCUT2D eigenvalue weighted by molar-refractivity contribution is 6.22. The quantitative estimate of drug-likeness (QED) is 0.799. The van der Waals surface area contributed by atoms with Crippen molar-refractivity contribution in [3.8, 4) is 0 Å². The highest BCUT2D eigenvalue weighted by atomic mass is 16.2. The predicted molar refractivity (Wildman–Crippen MR) is 90.8 cm³/mol. The van der Waals surface area contributed by atoms with Crippen LogP contribution in [0.1, 0.15) is 65.3 Å². The molecule has 128 valence electrons. The van der Waals surface area contributed by atoms with E-state index in [1.807, 2.05) is 24.8 Å². The number of benzene rings is 1. The van der Waals surface area contributed by atoms with Crippen LogP contribution in [0, 0.1) is 6.92 Å². The van der Waals surface area contributed by atoms with Gasteiger partial charge in [0.05, 0.1) is 11.1 Å². The molecule has 0 bridgehead atoms. The van der Waals surface area contributed by atoms with Gasteiger partial charge in [0.25, 0.3) is 11.8 Å². The van der Waals surface area contributed by atoms with Crippen molar-refractivity contribution in [3.05, 3.63) is 34.9 Å². The van der Waals surface area contributed by atoms with Gasteiger partial charge in [-0.2, -0.15) is 0 Å². The molecule has 1 fully saturated rings. The number of carbonyl (C=O) groups is 3. The van der Waals surface area contributed by atoms with Crippen molar-refractivity contribution in [1.82, 2.24) is 9.80 Å². The molecule has 24 heavy (non-hydrogen) atoms. The van der Waals surface area contributed by atoms with Crippen molar-refractivity contribution in [3.63, 3.8) is 0 Å². The van der Waals surface area contributed by atoms with Gasteiger partial charge < -0.3 is 4.90 Å². The molecule has 3 amide bonds. The van der Waals surface area contributed by atoms with E-state index in [0.717, 1.165) is 36.1 Å². The molecule has 1 aromatic rings. The standard InChI is InChI=1S/C19H24N2O3/c1-3-20(14-7-5-4-6-8-14)17(22)12-21-18(23)15-10-9-13(2)11-16(15)19(21)24/h9-11,14H,3-8,12H2,1-2H3. The van der Waals surface area contributed by atoms with E-state index in [1.54, 1.807) is 12.1 Å². The first kappa shape index (κ1) is 16.7. The summed E-state index contributed by atoms with van der Waals surface area (Å²) >= 11 is 0. The van der Waals surface area contributed by atoms with Crippen molar-refractivity contribution < 1.29 is 14.4 Å². The zero-order valence-corrected chi connectivity index (χ0v) is 14.4. The Labute approximate surface area is 142 Å². The van der Waals surface area contributed by atoms with E-state index in [9.17, 15) is 14.4 Å². The molecule has 0 saturated heterocycles. The molecule has 1 aliphatic heterocycles. The monoisotopic (exact) mass is 328 g/mol. The maximum atomic E-state index is 12.7. The maximum absolute atomic E-state index is 12.7. The summed E-state index contributed by atoms with van der Waals surface area (Å²) in [7, 11) is 0. The van der Waals surface area contributed by atoms with Crippen LogP contribution in [-0.4, -0.2) is 46.7 Å². The first-order chi connectivity index (χ1) is 11.5. The van der Waals surface area contributed by atoms with Gasteiger partial charge in [-0.25, -0.2) is 0 Å². The summed E-state index contributed by atoms with van der Waals surface area (Å²) in [6.45, 7) is 4.30. The zero-order chi connectivity index (χ0) is 17.3. The van der Waals surface area contributed by atoms with Crippen LogP contribution in [-0.2, 0) is 4.79 Å². The third kappa shape index (κ3) is 2.95. The fraction of sp³-hybridized carbons (Fsp3) is 0.526. The minimum atomic E-state index is -0.358. The topological polar surface area (TPSA) is 57.7 Å². The lowest BCUT2D eigenvalue weighted by Gasteiger charge is -2.34. The van der Waals surface area contributed by atoms with Gasteiger partial charge in [0.2, 0.25) is 5.91 Å². The van der Waals surface area contributed by atoms with Crippen LogP contribution in [0.4, 0.5) is 0 Å². The number of imide groups is 1. The summed E-state index contributed by atoms with van der Waals surface area (Å²) in [5.74, 6) is -0.842. The van der Waals surface area contributed by atoms with Gasteiger partial charge in [0.1, 0.15) is 6.54 Å². The Morgan fingerprint density at radius 3 is 2.46 bits per heavy atom. The fourth-order valence-electron chi connectivity index (χ4n) is 3.81. The number of carbonyl (C=O) groups excluding carboxylic acids is 3. The van der Waals surface area contributed by atoms with Crippen LogP contribution in [0.2, 0.25) is 0 Å². The van der Waals surface area contributed by atoms with E-state index >= 15 is 0 Å². The van der Waals surface area contributed by atoms with Gasteiger partial charge in [-0.05, 0) is 38.8 Å². The molecule has 2 aliphatic rings. The molecule has 0 aromatic heterocycles. The normalized spacial score (nSPS) is 18.0. The van der Waals surface area contributed by atoms with Gasteiger partial charge in [-0.3, -0.25) is 19.3 Å². The number of amides is 3. The SMILES string of the molecule is CCN(C(=O)CN1C(=O)c2ccc(C)cc2C1=O)C1CCCCC1. The minimum Gasteiger partial charge on any atom is -0.338 e. The van der Waals surface area contributed by atoms with E-state index in [4.69, 9.17) is 0 Å². The number of aryl methyl sites for hydroxylation is 1. The van der Waals surface area contributed by atoms with Crippen molar-refractivity contribution in [1.29, 1.82) is 0 Å². The van der Waals surface area contributed by atoms with Crippen molar-refractivity contribution >= 4 is 17.7 Å². The molecule has 0 spiro atoms. The van der Waals surface area contributed by atoms with Gasteiger partial charge in [0, 0.05) is 12.6 Å². The number of likely N-dealkylation sites (N-methyl/N-ethyl adjacent to an activating group) is 1. The third-order valence-corrected chi connectivity index (χ3v) is 5.10. The predicted octanol–water partition coefficient (Wildman–Crippen LogP) is 2.77. The molecular formula is C19H24N2O3.